The number of phenolic OH excluding ortho intramolecular Hbond substituents is 1. The van der Waals surface area contributed by atoms with E-state index >= 15 is 0 Å². The van der Waals surface area contributed by atoms with Crippen molar-refractivity contribution in [3.8, 4) is 5.75 Å². The third-order valence-corrected chi connectivity index (χ3v) is 3.96. The van der Waals surface area contributed by atoms with Gasteiger partial charge in [-0.15, -0.1) is 0 Å². The molecule has 0 spiro atoms. The second-order valence-electron chi connectivity index (χ2n) is 5.20. The molecule has 1 saturated heterocycles. The highest BCUT2D eigenvalue weighted by Crippen LogP contribution is 2.25. The highest BCUT2D eigenvalue weighted by molar-refractivity contribution is 5.41. The highest BCUT2D eigenvalue weighted by Gasteiger charge is 2.23. The smallest absolute Gasteiger partial charge is 0.120 e. The Morgan fingerprint density at radius 3 is 2.94 bits per heavy atom. The summed E-state index contributed by atoms with van der Waals surface area (Å²) in [5.74, 6) is 0.439. The summed E-state index contributed by atoms with van der Waals surface area (Å²) in [7, 11) is 0. The summed E-state index contributed by atoms with van der Waals surface area (Å²) in [6.45, 7) is 4.46. The third kappa shape index (κ3) is 2.31. The van der Waals surface area contributed by atoms with Crippen molar-refractivity contribution in [2.24, 2.45) is 0 Å². The zero-order valence-electron chi connectivity index (χ0n) is 10.2. The lowest BCUT2D eigenvalue weighted by atomic mass is 9.95. The van der Waals surface area contributed by atoms with E-state index < -0.39 is 0 Å². The Kier molecular flexibility index (Phi) is 3.04. The Morgan fingerprint density at radius 2 is 2.12 bits per heavy atom. The summed E-state index contributed by atoms with van der Waals surface area (Å²) < 4.78 is 0. The summed E-state index contributed by atoms with van der Waals surface area (Å²) in [6, 6.07) is 6.42. The Hall–Kier alpha value is -1.06. The van der Waals surface area contributed by atoms with Gasteiger partial charge in [0.25, 0.3) is 0 Å². The molecule has 0 radical (unpaired) electrons. The van der Waals surface area contributed by atoms with Crippen LogP contribution in [-0.4, -0.2) is 35.7 Å². The number of likely N-dealkylation sites (tertiary alicyclic amines) is 1. The Morgan fingerprint density at radius 1 is 1.29 bits per heavy atom. The van der Waals surface area contributed by atoms with Crippen LogP contribution in [0, 0.1) is 0 Å². The molecule has 2 aliphatic heterocycles. The number of hydrogen-bond acceptors (Lipinski definition) is 3. The standard InChI is InChI=1S/C14H20N2O/c17-14-5-3-4-11-8-12(15-9-13(11)14)10-16-6-1-2-7-16/h3-5,12,15,17H,1-2,6-10H2. The van der Waals surface area contributed by atoms with Gasteiger partial charge in [-0.2, -0.15) is 0 Å². The number of hydrogen-bond donors (Lipinski definition) is 2. The predicted molar refractivity (Wildman–Crippen MR) is 68.1 cm³/mol. The third-order valence-electron chi connectivity index (χ3n) is 3.96. The van der Waals surface area contributed by atoms with Crippen LogP contribution in [0.3, 0.4) is 0 Å². The fraction of sp³-hybridized carbons (Fsp3) is 0.571. The molecular formula is C14H20N2O. The molecule has 2 aliphatic rings. The normalized spacial score (nSPS) is 24.8. The predicted octanol–water partition coefficient (Wildman–Crippen LogP) is 1.50. The van der Waals surface area contributed by atoms with Gasteiger partial charge in [0.1, 0.15) is 5.75 Å². The van der Waals surface area contributed by atoms with Gasteiger partial charge in [0.15, 0.2) is 0 Å². The monoisotopic (exact) mass is 232 g/mol. The number of phenols is 1. The van der Waals surface area contributed by atoms with Crippen LogP contribution >= 0.6 is 0 Å². The van der Waals surface area contributed by atoms with E-state index in [9.17, 15) is 5.11 Å². The van der Waals surface area contributed by atoms with Crippen molar-refractivity contribution >= 4 is 0 Å². The molecule has 1 atom stereocenters. The van der Waals surface area contributed by atoms with E-state index in [1.807, 2.05) is 6.07 Å². The lowest BCUT2D eigenvalue weighted by Gasteiger charge is -2.29. The molecule has 3 nitrogen and oxygen atoms in total. The zero-order valence-corrected chi connectivity index (χ0v) is 10.2. The average Bonchev–Trinajstić information content (AvgIpc) is 2.82. The van der Waals surface area contributed by atoms with Gasteiger partial charge in [-0.05, 0) is 44.0 Å². The second-order valence-corrected chi connectivity index (χ2v) is 5.20. The van der Waals surface area contributed by atoms with Gasteiger partial charge >= 0.3 is 0 Å². The maximum absolute atomic E-state index is 9.78. The van der Waals surface area contributed by atoms with Gasteiger partial charge in [-0.3, -0.25) is 0 Å². The van der Waals surface area contributed by atoms with E-state index in [2.05, 4.69) is 16.3 Å². The van der Waals surface area contributed by atoms with Gasteiger partial charge < -0.3 is 15.3 Å². The zero-order chi connectivity index (χ0) is 11.7. The van der Waals surface area contributed by atoms with Crippen LogP contribution in [0.2, 0.25) is 0 Å². The quantitative estimate of drug-likeness (QED) is 0.811. The molecule has 1 unspecified atom stereocenters. The second kappa shape index (κ2) is 4.67. The fourth-order valence-corrected chi connectivity index (χ4v) is 3.01. The van der Waals surface area contributed by atoms with E-state index in [0.29, 0.717) is 11.8 Å². The van der Waals surface area contributed by atoms with Crippen molar-refractivity contribution in [1.29, 1.82) is 0 Å². The van der Waals surface area contributed by atoms with Crippen LogP contribution in [0.1, 0.15) is 24.0 Å². The van der Waals surface area contributed by atoms with Crippen LogP contribution in [-0.2, 0) is 13.0 Å². The molecule has 3 rings (SSSR count). The first kappa shape index (κ1) is 11.1. The van der Waals surface area contributed by atoms with Gasteiger partial charge in [0.2, 0.25) is 0 Å². The number of rotatable bonds is 2. The number of nitrogens with zero attached hydrogens (tertiary/aromatic N) is 1. The van der Waals surface area contributed by atoms with Crippen molar-refractivity contribution in [2.75, 3.05) is 19.6 Å². The topological polar surface area (TPSA) is 35.5 Å². The van der Waals surface area contributed by atoms with E-state index in [-0.39, 0.29) is 0 Å². The van der Waals surface area contributed by atoms with Gasteiger partial charge in [0.05, 0.1) is 0 Å². The number of fused-ring (bicyclic) bond motifs is 1. The van der Waals surface area contributed by atoms with E-state index in [1.165, 1.54) is 31.5 Å². The van der Waals surface area contributed by atoms with Crippen molar-refractivity contribution < 1.29 is 5.11 Å². The van der Waals surface area contributed by atoms with Crippen LogP contribution < -0.4 is 5.32 Å². The van der Waals surface area contributed by atoms with Crippen molar-refractivity contribution in [3.05, 3.63) is 29.3 Å². The Bertz CT molecular complexity index is 399. The summed E-state index contributed by atoms with van der Waals surface area (Å²) in [4.78, 5) is 2.55. The minimum atomic E-state index is 0.439. The van der Waals surface area contributed by atoms with Crippen molar-refractivity contribution in [1.82, 2.24) is 10.2 Å². The van der Waals surface area contributed by atoms with Crippen LogP contribution in [0.25, 0.3) is 0 Å². The minimum Gasteiger partial charge on any atom is -0.508 e. The van der Waals surface area contributed by atoms with Crippen LogP contribution in [0.5, 0.6) is 5.75 Å². The van der Waals surface area contributed by atoms with E-state index in [0.717, 1.165) is 25.1 Å². The SMILES string of the molecule is Oc1cccc2c1CNC(CN1CCCC1)C2. The first-order valence-electron chi connectivity index (χ1n) is 6.58. The molecule has 2 heterocycles. The first-order valence-corrected chi connectivity index (χ1v) is 6.58. The van der Waals surface area contributed by atoms with E-state index in [1.54, 1.807) is 6.07 Å². The lowest BCUT2D eigenvalue weighted by Crippen LogP contribution is -2.43. The Balaban J connectivity index is 1.68. The summed E-state index contributed by atoms with van der Waals surface area (Å²) >= 11 is 0. The van der Waals surface area contributed by atoms with Gasteiger partial charge in [-0.1, -0.05) is 12.1 Å². The summed E-state index contributed by atoms with van der Waals surface area (Å²) in [5.41, 5.74) is 2.40. The average molecular weight is 232 g/mol. The minimum absolute atomic E-state index is 0.439. The number of benzene rings is 1. The molecule has 1 fully saturated rings. The molecule has 0 saturated carbocycles. The number of aromatic hydroxyl groups is 1. The Labute approximate surface area is 102 Å². The molecular weight excluding hydrogens is 212 g/mol. The van der Waals surface area contributed by atoms with Crippen molar-refractivity contribution in [3.63, 3.8) is 0 Å². The van der Waals surface area contributed by atoms with Gasteiger partial charge in [0, 0.05) is 24.7 Å². The first-order chi connectivity index (χ1) is 8.33. The molecule has 0 aromatic heterocycles. The van der Waals surface area contributed by atoms with E-state index in [4.69, 9.17) is 0 Å². The highest BCUT2D eigenvalue weighted by atomic mass is 16.3. The van der Waals surface area contributed by atoms with Gasteiger partial charge in [-0.25, -0.2) is 0 Å². The lowest BCUT2D eigenvalue weighted by molar-refractivity contribution is 0.281. The molecule has 92 valence electrons. The molecule has 3 heteroatoms. The molecule has 0 bridgehead atoms. The largest absolute Gasteiger partial charge is 0.508 e. The molecule has 0 aliphatic carbocycles. The maximum atomic E-state index is 9.78. The number of nitrogens with one attached hydrogen (secondary N) is 1. The van der Waals surface area contributed by atoms with Crippen LogP contribution in [0.15, 0.2) is 18.2 Å². The maximum Gasteiger partial charge on any atom is 0.120 e. The summed E-state index contributed by atoms with van der Waals surface area (Å²) in [6.07, 6.45) is 3.74. The molecule has 0 amide bonds. The summed E-state index contributed by atoms with van der Waals surface area (Å²) in [5, 5.41) is 13.3. The molecule has 1 aromatic carbocycles. The van der Waals surface area contributed by atoms with Crippen LogP contribution in [0.4, 0.5) is 0 Å². The fourth-order valence-electron chi connectivity index (χ4n) is 3.01. The molecule has 2 N–H and O–H groups in total. The molecule has 17 heavy (non-hydrogen) atoms. The van der Waals surface area contributed by atoms with Crippen molar-refractivity contribution in [2.45, 2.75) is 31.8 Å². The molecule has 1 aromatic rings.